The number of ether oxygens (including phenoxy) is 1. The molecule has 0 bridgehead atoms. The van der Waals surface area contributed by atoms with Crippen molar-refractivity contribution < 1.29 is 9.53 Å². The number of rotatable bonds is 10. The van der Waals surface area contributed by atoms with Crippen molar-refractivity contribution in [2.75, 3.05) is 31.6 Å². The largest absolute Gasteiger partial charge is 0.487 e. The molecule has 21 heavy (non-hydrogen) atoms. The Morgan fingerprint density at radius 2 is 1.81 bits per heavy atom. The zero-order valence-corrected chi connectivity index (χ0v) is 12.3. The molecular formula is C17H22N2O2. The third-order valence-electron chi connectivity index (χ3n) is 2.66. The first kappa shape index (κ1) is 16.7. The summed E-state index contributed by atoms with van der Waals surface area (Å²) in [4.78, 5) is 14.0. The van der Waals surface area contributed by atoms with Crippen molar-refractivity contribution in [2.45, 2.75) is 0 Å². The first-order chi connectivity index (χ1) is 10.2. The van der Waals surface area contributed by atoms with Gasteiger partial charge in [-0.25, -0.2) is 0 Å². The van der Waals surface area contributed by atoms with Gasteiger partial charge in [0.05, 0.1) is 12.2 Å². The highest BCUT2D eigenvalue weighted by molar-refractivity contribution is 5.93. The van der Waals surface area contributed by atoms with E-state index in [2.05, 4.69) is 25.1 Å². The summed E-state index contributed by atoms with van der Waals surface area (Å²) in [5, 5.41) is 2.86. The quantitative estimate of drug-likeness (QED) is 0.672. The Morgan fingerprint density at radius 3 is 2.43 bits per heavy atom. The monoisotopic (exact) mass is 286 g/mol. The standard InChI is InChI=1S/C17H22N2O2/c1-4-11-19(12-5-2)14-17(20)18-15-9-7-8-10-16(15)21-13-6-3/h4-10H,1-3,11-14H2,(H,18,20). The third kappa shape index (κ3) is 6.10. The van der Waals surface area contributed by atoms with Crippen LogP contribution in [0.25, 0.3) is 0 Å². The molecule has 0 atom stereocenters. The normalized spacial score (nSPS) is 9.95. The van der Waals surface area contributed by atoms with Crippen LogP contribution in [0.15, 0.2) is 62.2 Å². The maximum atomic E-state index is 12.1. The van der Waals surface area contributed by atoms with E-state index in [0.717, 1.165) is 0 Å². The molecule has 0 aromatic heterocycles. The van der Waals surface area contributed by atoms with Gasteiger partial charge in [0.2, 0.25) is 5.91 Å². The third-order valence-corrected chi connectivity index (χ3v) is 2.66. The van der Waals surface area contributed by atoms with Crippen molar-refractivity contribution >= 4 is 11.6 Å². The lowest BCUT2D eigenvalue weighted by molar-refractivity contribution is -0.117. The van der Waals surface area contributed by atoms with E-state index in [1.165, 1.54) is 0 Å². The highest BCUT2D eigenvalue weighted by atomic mass is 16.5. The fourth-order valence-electron chi connectivity index (χ4n) is 1.81. The van der Waals surface area contributed by atoms with Crippen LogP contribution < -0.4 is 10.1 Å². The summed E-state index contributed by atoms with van der Waals surface area (Å²) in [6, 6.07) is 7.32. The van der Waals surface area contributed by atoms with Crippen LogP contribution in [-0.4, -0.2) is 37.0 Å². The maximum Gasteiger partial charge on any atom is 0.238 e. The van der Waals surface area contributed by atoms with Crippen molar-refractivity contribution in [3.05, 3.63) is 62.2 Å². The number of anilines is 1. The average Bonchev–Trinajstić information content (AvgIpc) is 2.47. The van der Waals surface area contributed by atoms with Gasteiger partial charge >= 0.3 is 0 Å². The fraction of sp³-hybridized carbons (Fsp3) is 0.235. The van der Waals surface area contributed by atoms with Gasteiger partial charge in [0.25, 0.3) is 0 Å². The Balaban J connectivity index is 2.66. The van der Waals surface area contributed by atoms with Crippen molar-refractivity contribution in [1.82, 2.24) is 4.90 Å². The number of carbonyl (C=O) groups is 1. The van der Waals surface area contributed by atoms with Crippen molar-refractivity contribution in [2.24, 2.45) is 0 Å². The van der Waals surface area contributed by atoms with E-state index in [1.54, 1.807) is 18.2 Å². The van der Waals surface area contributed by atoms with E-state index < -0.39 is 0 Å². The number of para-hydroxylation sites is 2. The summed E-state index contributed by atoms with van der Waals surface area (Å²) < 4.78 is 5.51. The topological polar surface area (TPSA) is 41.6 Å². The molecule has 0 aliphatic heterocycles. The van der Waals surface area contributed by atoms with Gasteiger partial charge in [0.1, 0.15) is 12.4 Å². The van der Waals surface area contributed by atoms with Gasteiger partial charge in [-0.2, -0.15) is 0 Å². The molecule has 112 valence electrons. The lowest BCUT2D eigenvalue weighted by Crippen LogP contribution is -2.33. The predicted octanol–water partition coefficient (Wildman–Crippen LogP) is 2.86. The second kappa shape index (κ2) is 9.55. The molecule has 0 aliphatic rings. The number of nitrogens with zero attached hydrogens (tertiary/aromatic N) is 1. The summed E-state index contributed by atoms with van der Waals surface area (Å²) in [7, 11) is 0. The van der Waals surface area contributed by atoms with E-state index >= 15 is 0 Å². The molecular weight excluding hydrogens is 264 g/mol. The first-order valence-electron chi connectivity index (χ1n) is 6.78. The fourth-order valence-corrected chi connectivity index (χ4v) is 1.81. The van der Waals surface area contributed by atoms with Crippen LogP contribution in [0.5, 0.6) is 5.75 Å². The summed E-state index contributed by atoms with van der Waals surface area (Å²) in [6.07, 6.45) is 5.18. The molecule has 1 amide bonds. The molecule has 1 rings (SSSR count). The van der Waals surface area contributed by atoms with Crippen molar-refractivity contribution in [1.29, 1.82) is 0 Å². The molecule has 0 aliphatic carbocycles. The first-order valence-corrected chi connectivity index (χ1v) is 6.78. The minimum atomic E-state index is -0.103. The van der Waals surface area contributed by atoms with Crippen LogP contribution >= 0.6 is 0 Å². The van der Waals surface area contributed by atoms with Crippen LogP contribution in [0.4, 0.5) is 5.69 Å². The van der Waals surface area contributed by atoms with Crippen LogP contribution in [0.3, 0.4) is 0 Å². The Bertz CT molecular complexity index is 487. The number of hydrogen-bond acceptors (Lipinski definition) is 3. The Hall–Kier alpha value is -2.33. The summed E-state index contributed by atoms with van der Waals surface area (Å²) in [6.45, 7) is 12.9. The van der Waals surface area contributed by atoms with Crippen LogP contribution in [0.2, 0.25) is 0 Å². The molecule has 4 nitrogen and oxygen atoms in total. The highest BCUT2D eigenvalue weighted by Crippen LogP contribution is 2.23. The maximum absolute atomic E-state index is 12.1. The molecule has 0 spiro atoms. The van der Waals surface area contributed by atoms with Crippen molar-refractivity contribution in [3.8, 4) is 5.75 Å². The van der Waals surface area contributed by atoms with Crippen molar-refractivity contribution in [3.63, 3.8) is 0 Å². The Kier molecular flexibility index (Phi) is 7.61. The van der Waals surface area contributed by atoms with E-state index in [-0.39, 0.29) is 12.5 Å². The summed E-state index contributed by atoms with van der Waals surface area (Å²) in [5.74, 6) is 0.526. The average molecular weight is 286 g/mol. The number of benzene rings is 1. The zero-order chi connectivity index (χ0) is 15.5. The predicted molar refractivity (Wildman–Crippen MR) is 87.6 cm³/mol. The molecule has 1 aromatic carbocycles. The molecule has 0 fully saturated rings. The molecule has 0 unspecified atom stereocenters. The highest BCUT2D eigenvalue weighted by Gasteiger charge is 2.10. The van der Waals surface area contributed by atoms with Crippen LogP contribution in [0, 0.1) is 0 Å². The Morgan fingerprint density at radius 1 is 1.14 bits per heavy atom. The molecule has 1 N–H and O–H groups in total. The Labute approximate surface area is 126 Å². The molecule has 1 aromatic rings. The number of carbonyl (C=O) groups excluding carboxylic acids is 1. The minimum Gasteiger partial charge on any atom is -0.487 e. The second-order valence-electron chi connectivity index (χ2n) is 4.42. The minimum absolute atomic E-state index is 0.103. The number of amides is 1. The van der Waals surface area contributed by atoms with Gasteiger partial charge in [0.15, 0.2) is 0 Å². The van der Waals surface area contributed by atoms with Gasteiger partial charge in [-0.15, -0.1) is 13.2 Å². The van der Waals surface area contributed by atoms with Gasteiger partial charge in [-0.05, 0) is 12.1 Å². The SMILES string of the molecule is C=CCOc1ccccc1NC(=O)CN(CC=C)CC=C. The van der Waals surface area contributed by atoms with Gasteiger partial charge in [0, 0.05) is 13.1 Å². The second-order valence-corrected chi connectivity index (χ2v) is 4.42. The van der Waals surface area contributed by atoms with Crippen LogP contribution in [-0.2, 0) is 4.79 Å². The van der Waals surface area contributed by atoms with Gasteiger partial charge in [-0.3, -0.25) is 9.69 Å². The zero-order valence-electron chi connectivity index (χ0n) is 12.3. The van der Waals surface area contributed by atoms with E-state index in [1.807, 2.05) is 29.2 Å². The molecule has 4 heteroatoms. The summed E-state index contributed by atoms with van der Waals surface area (Å²) >= 11 is 0. The number of hydrogen-bond donors (Lipinski definition) is 1. The summed E-state index contributed by atoms with van der Waals surface area (Å²) in [5.41, 5.74) is 0.654. The number of nitrogens with one attached hydrogen (secondary N) is 1. The van der Waals surface area contributed by atoms with Gasteiger partial charge in [-0.1, -0.05) is 36.9 Å². The lowest BCUT2D eigenvalue weighted by Gasteiger charge is -2.18. The molecule has 0 heterocycles. The van der Waals surface area contributed by atoms with E-state index in [4.69, 9.17) is 4.74 Å². The smallest absolute Gasteiger partial charge is 0.238 e. The van der Waals surface area contributed by atoms with E-state index in [0.29, 0.717) is 31.1 Å². The van der Waals surface area contributed by atoms with Gasteiger partial charge < -0.3 is 10.1 Å². The lowest BCUT2D eigenvalue weighted by atomic mass is 10.3. The van der Waals surface area contributed by atoms with E-state index in [9.17, 15) is 4.79 Å². The molecule has 0 saturated carbocycles. The van der Waals surface area contributed by atoms with Crippen LogP contribution in [0.1, 0.15) is 0 Å². The molecule has 0 radical (unpaired) electrons. The molecule has 0 saturated heterocycles.